The van der Waals surface area contributed by atoms with E-state index in [-0.39, 0.29) is 6.61 Å². The Balaban J connectivity index is 2.98. The molecule has 5 nitrogen and oxygen atoms in total. The molecule has 0 aliphatic heterocycles. The lowest BCUT2D eigenvalue weighted by atomic mass is 10.1. The highest BCUT2D eigenvalue weighted by molar-refractivity contribution is 7.90. The number of aryl methyl sites for hydroxylation is 1. The summed E-state index contributed by atoms with van der Waals surface area (Å²) >= 11 is 0. The van der Waals surface area contributed by atoms with Gasteiger partial charge in [-0.1, -0.05) is 24.8 Å². The van der Waals surface area contributed by atoms with E-state index in [0.29, 0.717) is 24.2 Å². The average molecular weight is 296 g/mol. The molecular weight excluding hydrogens is 276 g/mol. The van der Waals surface area contributed by atoms with Gasteiger partial charge in [-0.15, -0.1) is 0 Å². The van der Waals surface area contributed by atoms with E-state index in [1.807, 2.05) is 26.0 Å². The Labute approximate surface area is 120 Å². The van der Waals surface area contributed by atoms with Crippen LogP contribution in [0.2, 0.25) is 0 Å². The van der Waals surface area contributed by atoms with Gasteiger partial charge in [-0.25, -0.2) is 0 Å². The van der Waals surface area contributed by atoms with E-state index in [2.05, 4.69) is 21.3 Å². The molecule has 6 heteroatoms. The zero-order chi connectivity index (χ0) is 15.0. The molecule has 0 aliphatic carbocycles. The third kappa shape index (κ3) is 5.61. The molecule has 1 rings (SSSR count). The van der Waals surface area contributed by atoms with Crippen molar-refractivity contribution in [2.24, 2.45) is 0 Å². The van der Waals surface area contributed by atoms with Gasteiger partial charge >= 0.3 is 0 Å². The van der Waals surface area contributed by atoms with Gasteiger partial charge in [0.15, 0.2) is 0 Å². The lowest BCUT2D eigenvalue weighted by Crippen LogP contribution is -2.30. The molecule has 0 spiro atoms. The molecule has 0 saturated carbocycles. The second-order valence-corrected chi connectivity index (χ2v) is 5.82. The van der Waals surface area contributed by atoms with Gasteiger partial charge in [0.2, 0.25) is 0 Å². The molecule has 0 atom stereocenters. The van der Waals surface area contributed by atoms with Crippen molar-refractivity contribution in [2.75, 3.05) is 17.9 Å². The third-order valence-electron chi connectivity index (χ3n) is 2.42. The summed E-state index contributed by atoms with van der Waals surface area (Å²) in [6.07, 6.45) is 1.08. The molecule has 0 heterocycles. The van der Waals surface area contributed by atoms with Crippen molar-refractivity contribution in [1.29, 1.82) is 0 Å². The number of aliphatic hydroxyl groups is 1. The van der Waals surface area contributed by atoms with E-state index in [1.165, 1.54) is 0 Å². The minimum Gasteiger partial charge on any atom is -0.395 e. The lowest BCUT2D eigenvalue weighted by Gasteiger charge is -2.11. The minimum atomic E-state index is -3.58. The fourth-order valence-corrected chi connectivity index (χ4v) is 2.49. The highest BCUT2D eigenvalue weighted by atomic mass is 32.2. The third-order valence-corrected chi connectivity index (χ3v) is 3.49. The maximum atomic E-state index is 11.8. The molecule has 0 aliphatic rings. The zero-order valence-electron chi connectivity index (χ0n) is 11.7. The van der Waals surface area contributed by atoms with Crippen molar-refractivity contribution in [2.45, 2.75) is 26.7 Å². The van der Waals surface area contributed by atoms with Crippen molar-refractivity contribution in [3.63, 3.8) is 0 Å². The van der Waals surface area contributed by atoms with Crippen LogP contribution in [0.15, 0.2) is 18.2 Å². The fourth-order valence-electron chi connectivity index (χ4n) is 1.48. The van der Waals surface area contributed by atoms with Gasteiger partial charge in [-0.2, -0.15) is 13.1 Å². The number of hydrogen-bond donors (Lipinski definition) is 3. The molecule has 0 fully saturated rings. The molecule has 0 saturated heterocycles. The number of rotatable bonds is 6. The zero-order valence-corrected chi connectivity index (χ0v) is 12.5. The smallest absolute Gasteiger partial charge is 0.299 e. The average Bonchev–Trinajstić information content (AvgIpc) is 2.40. The molecular formula is C14H20N2O3S. The Morgan fingerprint density at radius 2 is 2.10 bits per heavy atom. The van der Waals surface area contributed by atoms with Crippen molar-refractivity contribution < 1.29 is 13.5 Å². The number of aliphatic hydroxyl groups excluding tert-OH is 1. The maximum Gasteiger partial charge on any atom is 0.299 e. The summed E-state index contributed by atoms with van der Waals surface area (Å²) in [5.41, 5.74) is 2.02. The Morgan fingerprint density at radius 3 is 2.75 bits per heavy atom. The molecule has 0 amide bonds. The standard InChI is InChI=1S/C14H20N2O3S/c1-3-9-15-20(18,19)16-14-8-7-12(2)11-13(14)6-4-5-10-17/h7-8,11,15-17H,3,5,9-10H2,1-2H3. The van der Waals surface area contributed by atoms with Crippen LogP contribution in [0, 0.1) is 18.8 Å². The van der Waals surface area contributed by atoms with E-state index in [1.54, 1.807) is 6.07 Å². The predicted molar refractivity (Wildman–Crippen MR) is 80.6 cm³/mol. The SMILES string of the molecule is CCCNS(=O)(=O)Nc1ccc(C)cc1C#CCCO. The number of nitrogens with one attached hydrogen (secondary N) is 2. The van der Waals surface area contributed by atoms with Crippen LogP contribution >= 0.6 is 0 Å². The highest BCUT2D eigenvalue weighted by Crippen LogP contribution is 2.17. The summed E-state index contributed by atoms with van der Waals surface area (Å²) in [5, 5.41) is 8.73. The molecule has 0 aromatic heterocycles. The summed E-state index contributed by atoms with van der Waals surface area (Å²) in [7, 11) is -3.58. The fraction of sp³-hybridized carbons (Fsp3) is 0.429. The van der Waals surface area contributed by atoms with Crippen molar-refractivity contribution in [1.82, 2.24) is 4.72 Å². The molecule has 20 heavy (non-hydrogen) atoms. The van der Waals surface area contributed by atoms with Crippen LogP contribution in [0.1, 0.15) is 30.9 Å². The topological polar surface area (TPSA) is 78.4 Å². The van der Waals surface area contributed by atoms with Crippen molar-refractivity contribution in [3.05, 3.63) is 29.3 Å². The van der Waals surface area contributed by atoms with Crippen LogP contribution in [0.4, 0.5) is 5.69 Å². The van der Waals surface area contributed by atoms with Crippen LogP contribution < -0.4 is 9.44 Å². The quantitative estimate of drug-likeness (QED) is 0.694. The van der Waals surface area contributed by atoms with E-state index < -0.39 is 10.2 Å². The Hall–Kier alpha value is -1.55. The van der Waals surface area contributed by atoms with E-state index in [0.717, 1.165) is 12.0 Å². The predicted octanol–water partition coefficient (Wildman–Crippen LogP) is 1.39. The Kier molecular flexibility index (Phi) is 6.52. The molecule has 0 unspecified atom stereocenters. The molecule has 0 radical (unpaired) electrons. The van der Waals surface area contributed by atoms with Crippen LogP contribution in [0.25, 0.3) is 0 Å². The van der Waals surface area contributed by atoms with Crippen molar-refractivity contribution >= 4 is 15.9 Å². The van der Waals surface area contributed by atoms with Crippen LogP contribution in [-0.2, 0) is 10.2 Å². The second kappa shape index (κ2) is 7.90. The first-order valence-electron chi connectivity index (χ1n) is 6.46. The molecule has 3 N–H and O–H groups in total. The Bertz CT molecular complexity index is 601. The number of anilines is 1. The van der Waals surface area contributed by atoms with Gasteiger partial charge in [-0.3, -0.25) is 4.72 Å². The summed E-state index contributed by atoms with van der Waals surface area (Å²) in [4.78, 5) is 0. The highest BCUT2D eigenvalue weighted by Gasteiger charge is 2.10. The van der Waals surface area contributed by atoms with Gasteiger partial charge < -0.3 is 5.11 Å². The number of benzene rings is 1. The van der Waals surface area contributed by atoms with Gasteiger partial charge in [0, 0.05) is 18.5 Å². The first kappa shape index (κ1) is 16.5. The summed E-state index contributed by atoms with van der Waals surface area (Å²) in [5.74, 6) is 5.66. The largest absolute Gasteiger partial charge is 0.395 e. The van der Waals surface area contributed by atoms with Gasteiger partial charge in [-0.05, 0) is 31.0 Å². The second-order valence-electron chi connectivity index (χ2n) is 4.32. The van der Waals surface area contributed by atoms with Crippen LogP contribution in [0.5, 0.6) is 0 Å². The maximum absolute atomic E-state index is 11.8. The van der Waals surface area contributed by atoms with Crippen LogP contribution in [-0.4, -0.2) is 26.7 Å². The van der Waals surface area contributed by atoms with Crippen molar-refractivity contribution in [3.8, 4) is 11.8 Å². The van der Waals surface area contributed by atoms with Crippen LogP contribution in [0.3, 0.4) is 0 Å². The first-order chi connectivity index (χ1) is 9.48. The summed E-state index contributed by atoms with van der Waals surface area (Å²) in [6.45, 7) is 4.16. The summed E-state index contributed by atoms with van der Waals surface area (Å²) < 4.78 is 28.5. The van der Waals surface area contributed by atoms with E-state index in [4.69, 9.17) is 5.11 Å². The van der Waals surface area contributed by atoms with Gasteiger partial charge in [0.25, 0.3) is 10.2 Å². The van der Waals surface area contributed by atoms with Gasteiger partial charge in [0.05, 0.1) is 12.3 Å². The first-order valence-corrected chi connectivity index (χ1v) is 7.94. The normalized spacial score (nSPS) is 10.8. The monoisotopic (exact) mass is 296 g/mol. The van der Waals surface area contributed by atoms with Gasteiger partial charge in [0.1, 0.15) is 0 Å². The summed E-state index contributed by atoms with van der Waals surface area (Å²) in [6, 6.07) is 5.31. The minimum absolute atomic E-state index is 0.0159. The molecule has 1 aromatic carbocycles. The molecule has 110 valence electrons. The van der Waals surface area contributed by atoms with E-state index >= 15 is 0 Å². The molecule has 0 bridgehead atoms. The van der Waals surface area contributed by atoms with E-state index in [9.17, 15) is 8.42 Å². The lowest BCUT2D eigenvalue weighted by molar-refractivity contribution is 0.305. The number of hydrogen-bond acceptors (Lipinski definition) is 3. The Morgan fingerprint density at radius 1 is 1.35 bits per heavy atom. The molecule has 1 aromatic rings.